The van der Waals surface area contributed by atoms with E-state index in [1.54, 1.807) is 17.7 Å². The summed E-state index contributed by atoms with van der Waals surface area (Å²) in [5.74, 6) is -0.192. The number of benzene rings is 1. The summed E-state index contributed by atoms with van der Waals surface area (Å²) in [5.41, 5.74) is 0.889. The zero-order chi connectivity index (χ0) is 14.5. The number of carboxylic acid groups (broad SMARTS) is 1. The summed E-state index contributed by atoms with van der Waals surface area (Å²) in [6.45, 7) is 0.484. The molecule has 0 unspecified atom stereocenters. The van der Waals surface area contributed by atoms with Crippen molar-refractivity contribution >= 4 is 35.0 Å². The molecular formula is C12H13ClN4O2S. The Kier molecular flexibility index (Phi) is 4.86. The number of thioether (sulfide) groups is 1. The zero-order valence-electron chi connectivity index (χ0n) is 10.7. The monoisotopic (exact) mass is 312 g/mol. The molecule has 2 aromatic rings. The van der Waals surface area contributed by atoms with Crippen molar-refractivity contribution in [2.75, 3.05) is 11.1 Å². The fourth-order valence-corrected chi connectivity index (χ4v) is 2.37. The molecule has 0 aliphatic carbocycles. The van der Waals surface area contributed by atoms with Crippen LogP contribution < -0.4 is 5.32 Å². The van der Waals surface area contributed by atoms with Crippen molar-refractivity contribution < 1.29 is 9.90 Å². The molecule has 0 fully saturated rings. The first kappa shape index (κ1) is 14.7. The number of carbonyl (C=O) groups is 1. The number of hydrogen-bond donors (Lipinski definition) is 2. The summed E-state index contributed by atoms with van der Waals surface area (Å²) in [4.78, 5) is 10.5. The Bertz CT molecular complexity index is 617. The van der Waals surface area contributed by atoms with Crippen molar-refractivity contribution in [3.63, 3.8) is 0 Å². The molecule has 0 saturated carbocycles. The second-order valence-electron chi connectivity index (χ2n) is 4.00. The van der Waals surface area contributed by atoms with Crippen LogP contribution >= 0.6 is 23.4 Å². The SMILES string of the molecule is Cn1c(CNc2cccc(Cl)c2)nnc1SCC(=O)O. The van der Waals surface area contributed by atoms with Gasteiger partial charge in [-0.2, -0.15) is 0 Å². The van der Waals surface area contributed by atoms with Gasteiger partial charge in [-0.25, -0.2) is 0 Å². The molecule has 0 atom stereocenters. The Labute approximate surface area is 125 Å². The van der Waals surface area contributed by atoms with Crippen LogP contribution in [0.1, 0.15) is 5.82 Å². The predicted molar refractivity (Wildman–Crippen MR) is 78.1 cm³/mol. The van der Waals surface area contributed by atoms with Crippen molar-refractivity contribution in [1.82, 2.24) is 14.8 Å². The lowest BCUT2D eigenvalue weighted by atomic mass is 10.3. The largest absolute Gasteiger partial charge is 0.481 e. The van der Waals surface area contributed by atoms with Gasteiger partial charge in [0.25, 0.3) is 0 Å². The molecule has 2 rings (SSSR count). The van der Waals surface area contributed by atoms with Gasteiger partial charge in [0, 0.05) is 17.8 Å². The number of hydrogen-bond acceptors (Lipinski definition) is 5. The number of aliphatic carboxylic acids is 1. The van der Waals surface area contributed by atoms with Crippen LogP contribution in [0, 0.1) is 0 Å². The second-order valence-corrected chi connectivity index (χ2v) is 5.38. The van der Waals surface area contributed by atoms with E-state index in [2.05, 4.69) is 15.5 Å². The van der Waals surface area contributed by atoms with E-state index in [4.69, 9.17) is 16.7 Å². The van der Waals surface area contributed by atoms with Crippen molar-refractivity contribution in [3.05, 3.63) is 35.1 Å². The quantitative estimate of drug-likeness (QED) is 0.796. The lowest BCUT2D eigenvalue weighted by molar-refractivity contribution is -0.133. The number of anilines is 1. The van der Waals surface area contributed by atoms with Crippen LogP contribution in [0.15, 0.2) is 29.4 Å². The van der Waals surface area contributed by atoms with Crippen LogP contribution in [-0.2, 0) is 18.4 Å². The van der Waals surface area contributed by atoms with E-state index < -0.39 is 5.97 Å². The number of carboxylic acids is 1. The van der Waals surface area contributed by atoms with E-state index in [-0.39, 0.29) is 5.75 Å². The highest BCUT2D eigenvalue weighted by Gasteiger charge is 2.10. The number of rotatable bonds is 6. The molecular weight excluding hydrogens is 300 g/mol. The third-order valence-corrected chi connectivity index (χ3v) is 3.77. The highest BCUT2D eigenvalue weighted by Crippen LogP contribution is 2.18. The molecule has 8 heteroatoms. The van der Waals surface area contributed by atoms with Crippen LogP contribution in [0.5, 0.6) is 0 Å². The Morgan fingerprint density at radius 3 is 3.00 bits per heavy atom. The minimum absolute atomic E-state index is 0.0340. The van der Waals surface area contributed by atoms with E-state index >= 15 is 0 Å². The molecule has 0 aliphatic heterocycles. The van der Waals surface area contributed by atoms with E-state index in [1.165, 1.54) is 0 Å². The van der Waals surface area contributed by atoms with E-state index in [0.717, 1.165) is 23.3 Å². The summed E-state index contributed by atoms with van der Waals surface area (Å²) in [6, 6.07) is 7.38. The molecule has 6 nitrogen and oxygen atoms in total. The van der Waals surface area contributed by atoms with Crippen LogP contribution in [-0.4, -0.2) is 31.6 Å². The van der Waals surface area contributed by atoms with Crippen molar-refractivity contribution in [3.8, 4) is 0 Å². The average Bonchev–Trinajstić information content (AvgIpc) is 2.75. The molecule has 2 N–H and O–H groups in total. The van der Waals surface area contributed by atoms with Gasteiger partial charge in [-0.3, -0.25) is 4.79 Å². The second kappa shape index (κ2) is 6.62. The molecule has 0 aliphatic rings. The molecule has 1 aromatic heterocycles. The predicted octanol–water partition coefficient (Wildman–Crippen LogP) is 2.26. The van der Waals surface area contributed by atoms with Gasteiger partial charge in [0.2, 0.25) is 0 Å². The molecule has 0 radical (unpaired) electrons. The smallest absolute Gasteiger partial charge is 0.313 e. The third kappa shape index (κ3) is 3.88. The van der Waals surface area contributed by atoms with Gasteiger partial charge in [0.1, 0.15) is 0 Å². The Morgan fingerprint density at radius 1 is 1.50 bits per heavy atom. The first-order chi connectivity index (χ1) is 9.56. The summed E-state index contributed by atoms with van der Waals surface area (Å²) in [7, 11) is 1.80. The van der Waals surface area contributed by atoms with Crippen LogP contribution in [0.2, 0.25) is 5.02 Å². The van der Waals surface area contributed by atoms with E-state index in [1.807, 2.05) is 18.2 Å². The average molecular weight is 313 g/mol. The fraction of sp³-hybridized carbons (Fsp3) is 0.250. The molecule has 1 heterocycles. The molecule has 0 amide bonds. The van der Waals surface area contributed by atoms with Crippen LogP contribution in [0.25, 0.3) is 0 Å². The topological polar surface area (TPSA) is 80.0 Å². The zero-order valence-corrected chi connectivity index (χ0v) is 12.3. The lowest BCUT2D eigenvalue weighted by Crippen LogP contribution is -2.07. The van der Waals surface area contributed by atoms with Crippen LogP contribution in [0.3, 0.4) is 0 Å². The van der Waals surface area contributed by atoms with Gasteiger partial charge >= 0.3 is 5.97 Å². The molecule has 0 saturated heterocycles. The highest BCUT2D eigenvalue weighted by atomic mass is 35.5. The van der Waals surface area contributed by atoms with E-state index in [0.29, 0.717) is 16.7 Å². The first-order valence-corrected chi connectivity index (χ1v) is 7.15. The number of nitrogens with one attached hydrogen (secondary N) is 1. The van der Waals surface area contributed by atoms with Gasteiger partial charge in [0.05, 0.1) is 12.3 Å². The normalized spacial score (nSPS) is 10.5. The standard InChI is InChI=1S/C12H13ClN4O2S/c1-17-10(15-16-12(17)20-7-11(18)19)6-14-9-4-2-3-8(13)5-9/h2-5,14H,6-7H2,1H3,(H,18,19). The highest BCUT2D eigenvalue weighted by molar-refractivity contribution is 7.99. The van der Waals surface area contributed by atoms with E-state index in [9.17, 15) is 4.79 Å². The number of aromatic nitrogens is 3. The molecule has 106 valence electrons. The molecule has 20 heavy (non-hydrogen) atoms. The lowest BCUT2D eigenvalue weighted by Gasteiger charge is -2.06. The van der Waals surface area contributed by atoms with Crippen molar-refractivity contribution in [2.24, 2.45) is 7.05 Å². The maximum atomic E-state index is 10.5. The van der Waals surface area contributed by atoms with Gasteiger partial charge < -0.3 is 15.0 Å². The maximum absolute atomic E-state index is 10.5. The third-order valence-electron chi connectivity index (χ3n) is 2.53. The first-order valence-electron chi connectivity index (χ1n) is 5.78. The molecule has 0 bridgehead atoms. The fourth-order valence-electron chi connectivity index (χ4n) is 1.53. The summed E-state index contributed by atoms with van der Waals surface area (Å²) < 4.78 is 1.77. The summed E-state index contributed by atoms with van der Waals surface area (Å²) in [6.07, 6.45) is 0. The Morgan fingerprint density at radius 2 is 2.30 bits per heavy atom. The summed E-state index contributed by atoms with van der Waals surface area (Å²) in [5, 5.41) is 21.1. The summed E-state index contributed by atoms with van der Waals surface area (Å²) >= 11 is 7.04. The minimum atomic E-state index is -0.878. The van der Waals surface area contributed by atoms with Crippen molar-refractivity contribution in [2.45, 2.75) is 11.7 Å². The minimum Gasteiger partial charge on any atom is -0.481 e. The number of nitrogens with zero attached hydrogens (tertiary/aromatic N) is 3. The Balaban J connectivity index is 1.98. The molecule has 1 aromatic carbocycles. The van der Waals surface area contributed by atoms with Crippen molar-refractivity contribution in [1.29, 1.82) is 0 Å². The van der Waals surface area contributed by atoms with Gasteiger partial charge in [-0.05, 0) is 18.2 Å². The van der Waals surface area contributed by atoms with Gasteiger partial charge in [0.15, 0.2) is 11.0 Å². The molecule has 0 spiro atoms. The number of halogens is 1. The van der Waals surface area contributed by atoms with Crippen LogP contribution in [0.4, 0.5) is 5.69 Å². The maximum Gasteiger partial charge on any atom is 0.313 e. The van der Waals surface area contributed by atoms with Gasteiger partial charge in [-0.15, -0.1) is 10.2 Å². The Hall–Kier alpha value is -1.73. The van der Waals surface area contributed by atoms with Gasteiger partial charge in [-0.1, -0.05) is 29.4 Å².